The minimum Gasteiger partial charge on any atom is -0.309 e. The summed E-state index contributed by atoms with van der Waals surface area (Å²) in [7, 11) is 0. The van der Waals surface area contributed by atoms with Crippen LogP contribution in [0.3, 0.4) is 0 Å². The first-order valence-corrected chi connectivity index (χ1v) is 6.54. The predicted octanol–water partition coefficient (Wildman–Crippen LogP) is 2.88. The highest BCUT2D eigenvalue weighted by atomic mass is 16.6. The predicted molar refractivity (Wildman–Crippen MR) is 77.5 cm³/mol. The van der Waals surface area contributed by atoms with E-state index in [4.69, 9.17) is 0 Å². The Kier molecular flexibility index (Phi) is 4.79. The number of nitrogens with zero attached hydrogens (tertiary/aromatic N) is 2. The first-order chi connectivity index (χ1) is 9.66. The van der Waals surface area contributed by atoms with Crippen LogP contribution in [0.25, 0.3) is 0 Å². The fourth-order valence-corrected chi connectivity index (χ4v) is 1.95. The zero-order chi connectivity index (χ0) is 14.4. The second-order valence-electron chi connectivity index (χ2n) is 4.60. The average molecular weight is 271 g/mol. The van der Waals surface area contributed by atoms with Crippen LogP contribution in [0.4, 0.5) is 5.69 Å². The average Bonchev–Trinajstić information content (AvgIpc) is 2.48. The van der Waals surface area contributed by atoms with E-state index in [0.717, 1.165) is 24.2 Å². The van der Waals surface area contributed by atoms with Gasteiger partial charge in [0.05, 0.1) is 10.6 Å². The Labute approximate surface area is 117 Å². The van der Waals surface area contributed by atoms with Crippen LogP contribution in [0.5, 0.6) is 0 Å². The molecule has 0 aliphatic rings. The molecule has 1 aromatic heterocycles. The lowest BCUT2D eigenvalue weighted by Gasteiger charge is -2.12. The summed E-state index contributed by atoms with van der Waals surface area (Å²) >= 11 is 0. The quantitative estimate of drug-likeness (QED) is 0.648. The summed E-state index contributed by atoms with van der Waals surface area (Å²) in [5, 5.41) is 13.9. The Balaban J connectivity index is 1.82. The number of benzene rings is 1. The Morgan fingerprint density at radius 3 is 2.60 bits per heavy atom. The highest BCUT2D eigenvalue weighted by Gasteiger charge is 2.06. The van der Waals surface area contributed by atoms with E-state index in [-0.39, 0.29) is 16.7 Å². The monoisotopic (exact) mass is 271 g/mol. The molecule has 0 aliphatic heterocycles. The molecule has 0 bridgehead atoms. The van der Waals surface area contributed by atoms with Crippen LogP contribution in [-0.4, -0.2) is 16.5 Å². The summed E-state index contributed by atoms with van der Waals surface area (Å²) in [6.45, 7) is 2.87. The molecule has 0 radical (unpaired) electrons. The summed E-state index contributed by atoms with van der Waals surface area (Å²) in [6, 6.07) is 12.7. The van der Waals surface area contributed by atoms with Crippen molar-refractivity contribution in [2.45, 2.75) is 19.4 Å². The Morgan fingerprint density at radius 1 is 1.25 bits per heavy atom. The summed E-state index contributed by atoms with van der Waals surface area (Å²) in [6.07, 6.45) is 2.61. The van der Waals surface area contributed by atoms with Gasteiger partial charge in [-0.25, -0.2) is 0 Å². The van der Waals surface area contributed by atoms with Gasteiger partial charge in [0.25, 0.3) is 5.69 Å². The number of non-ortho nitro benzene ring substituents is 1. The maximum absolute atomic E-state index is 10.6. The van der Waals surface area contributed by atoms with Crippen molar-refractivity contribution in [1.82, 2.24) is 10.3 Å². The lowest BCUT2D eigenvalue weighted by molar-refractivity contribution is -0.384. The lowest BCUT2D eigenvalue weighted by atomic mass is 10.1. The van der Waals surface area contributed by atoms with Crippen molar-refractivity contribution >= 4 is 5.69 Å². The Hall–Kier alpha value is -2.27. The molecule has 0 saturated heterocycles. The maximum Gasteiger partial charge on any atom is 0.269 e. The third-order valence-electron chi connectivity index (χ3n) is 3.14. The van der Waals surface area contributed by atoms with Crippen LogP contribution in [-0.2, 0) is 6.42 Å². The Bertz CT molecular complexity index is 555. The van der Waals surface area contributed by atoms with E-state index in [0.29, 0.717) is 0 Å². The summed E-state index contributed by atoms with van der Waals surface area (Å²) < 4.78 is 0. The van der Waals surface area contributed by atoms with Crippen LogP contribution in [0.1, 0.15) is 24.2 Å². The highest BCUT2D eigenvalue weighted by molar-refractivity contribution is 5.32. The zero-order valence-corrected chi connectivity index (χ0v) is 11.3. The number of nitro groups is 1. The molecule has 1 aromatic carbocycles. The molecule has 5 heteroatoms. The van der Waals surface area contributed by atoms with E-state index in [9.17, 15) is 10.1 Å². The SMILES string of the molecule is C[C@H](NCCc1ccc([N+](=O)[O-])cc1)c1ccccn1. The number of aromatic nitrogens is 1. The maximum atomic E-state index is 10.6. The van der Waals surface area contributed by atoms with Crippen molar-refractivity contribution < 1.29 is 4.92 Å². The molecule has 2 aromatic rings. The van der Waals surface area contributed by atoms with Gasteiger partial charge in [-0.1, -0.05) is 18.2 Å². The third kappa shape index (κ3) is 3.86. The van der Waals surface area contributed by atoms with Gasteiger partial charge in [-0.05, 0) is 37.6 Å². The molecule has 0 amide bonds. The molecule has 1 atom stereocenters. The first-order valence-electron chi connectivity index (χ1n) is 6.54. The molecule has 0 aliphatic carbocycles. The highest BCUT2D eigenvalue weighted by Crippen LogP contribution is 2.12. The van der Waals surface area contributed by atoms with Crippen molar-refractivity contribution in [2.24, 2.45) is 0 Å². The van der Waals surface area contributed by atoms with E-state index >= 15 is 0 Å². The second kappa shape index (κ2) is 6.77. The smallest absolute Gasteiger partial charge is 0.269 e. The normalized spacial score (nSPS) is 12.1. The number of rotatable bonds is 6. The number of nitrogens with one attached hydrogen (secondary N) is 1. The Morgan fingerprint density at radius 2 is 2.00 bits per heavy atom. The second-order valence-corrected chi connectivity index (χ2v) is 4.60. The number of pyridine rings is 1. The third-order valence-corrected chi connectivity index (χ3v) is 3.14. The fraction of sp³-hybridized carbons (Fsp3) is 0.267. The standard InChI is InChI=1S/C15H17N3O2/c1-12(15-4-2-3-10-17-15)16-11-9-13-5-7-14(8-6-13)18(19)20/h2-8,10,12,16H,9,11H2,1H3/t12-/m0/s1. The number of hydrogen-bond donors (Lipinski definition) is 1. The van der Waals surface area contributed by atoms with Crippen molar-refractivity contribution in [2.75, 3.05) is 6.54 Å². The van der Waals surface area contributed by atoms with Gasteiger partial charge in [0, 0.05) is 24.4 Å². The first kappa shape index (κ1) is 14.1. The molecule has 0 unspecified atom stereocenters. The molecule has 0 spiro atoms. The van der Waals surface area contributed by atoms with E-state index in [2.05, 4.69) is 17.2 Å². The van der Waals surface area contributed by atoms with Crippen molar-refractivity contribution in [1.29, 1.82) is 0 Å². The minimum atomic E-state index is -0.384. The summed E-state index contributed by atoms with van der Waals surface area (Å²) in [5.41, 5.74) is 2.22. The summed E-state index contributed by atoms with van der Waals surface area (Å²) in [5.74, 6) is 0. The molecule has 104 valence electrons. The van der Waals surface area contributed by atoms with Gasteiger partial charge in [-0.15, -0.1) is 0 Å². The number of nitro benzene ring substituents is 1. The van der Waals surface area contributed by atoms with Gasteiger partial charge in [0.1, 0.15) is 0 Å². The van der Waals surface area contributed by atoms with Gasteiger partial charge in [-0.3, -0.25) is 15.1 Å². The topological polar surface area (TPSA) is 68.1 Å². The molecule has 0 saturated carbocycles. The van der Waals surface area contributed by atoms with E-state index in [1.165, 1.54) is 12.1 Å². The van der Waals surface area contributed by atoms with Crippen LogP contribution < -0.4 is 5.32 Å². The molecule has 2 rings (SSSR count). The van der Waals surface area contributed by atoms with E-state index < -0.39 is 0 Å². The molecular formula is C15H17N3O2. The van der Waals surface area contributed by atoms with Crippen molar-refractivity contribution in [3.63, 3.8) is 0 Å². The molecule has 5 nitrogen and oxygen atoms in total. The van der Waals surface area contributed by atoms with Crippen LogP contribution in [0.15, 0.2) is 48.7 Å². The zero-order valence-electron chi connectivity index (χ0n) is 11.3. The molecule has 1 N–H and O–H groups in total. The molecular weight excluding hydrogens is 254 g/mol. The van der Waals surface area contributed by atoms with Crippen LogP contribution >= 0.6 is 0 Å². The largest absolute Gasteiger partial charge is 0.309 e. The van der Waals surface area contributed by atoms with Crippen molar-refractivity contribution in [3.8, 4) is 0 Å². The van der Waals surface area contributed by atoms with Gasteiger partial charge in [0.2, 0.25) is 0 Å². The van der Waals surface area contributed by atoms with Gasteiger partial charge in [-0.2, -0.15) is 0 Å². The lowest BCUT2D eigenvalue weighted by Crippen LogP contribution is -2.22. The van der Waals surface area contributed by atoms with E-state index in [1.807, 2.05) is 18.2 Å². The fourth-order valence-electron chi connectivity index (χ4n) is 1.95. The number of hydrogen-bond acceptors (Lipinski definition) is 4. The van der Waals surface area contributed by atoms with E-state index in [1.54, 1.807) is 18.3 Å². The van der Waals surface area contributed by atoms with Gasteiger partial charge < -0.3 is 5.32 Å². The molecule has 1 heterocycles. The van der Waals surface area contributed by atoms with Crippen molar-refractivity contribution in [3.05, 3.63) is 70.0 Å². The molecule has 0 fully saturated rings. The molecule has 20 heavy (non-hydrogen) atoms. The van der Waals surface area contributed by atoms with Gasteiger partial charge in [0.15, 0.2) is 0 Å². The van der Waals surface area contributed by atoms with Crippen LogP contribution in [0, 0.1) is 10.1 Å². The summed E-state index contributed by atoms with van der Waals surface area (Å²) in [4.78, 5) is 14.5. The minimum absolute atomic E-state index is 0.128. The van der Waals surface area contributed by atoms with Gasteiger partial charge >= 0.3 is 0 Å². The van der Waals surface area contributed by atoms with Crippen LogP contribution in [0.2, 0.25) is 0 Å².